The van der Waals surface area contributed by atoms with Crippen LogP contribution in [0.25, 0.3) is 0 Å². The molecule has 0 aliphatic carbocycles. The quantitative estimate of drug-likeness (QED) is 0.643. The fraction of sp³-hybridized carbons (Fsp3) is 0.600. The van der Waals surface area contributed by atoms with Crippen molar-refractivity contribution in [3.05, 3.63) is 11.8 Å². The van der Waals surface area contributed by atoms with Gasteiger partial charge < -0.3 is 16.8 Å². The minimum absolute atomic E-state index is 0.251. The maximum Gasteiger partial charge on any atom is 0.221 e. The predicted octanol–water partition coefficient (Wildman–Crippen LogP) is 0.183. The first-order valence-corrected chi connectivity index (χ1v) is 5.33. The smallest absolute Gasteiger partial charge is 0.221 e. The highest BCUT2D eigenvalue weighted by molar-refractivity contribution is 5.41. The Labute approximate surface area is 89.3 Å². The Morgan fingerprint density at radius 1 is 1.33 bits per heavy atom. The number of hydrogen-bond donors (Lipinski definition) is 3. The second-order valence-electron chi connectivity index (χ2n) is 4.04. The lowest BCUT2D eigenvalue weighted by molar-refractivity contribution is 0.372. The largest absolute Gasteiger partial charge is 0.383 e. The van der Waals surface area contributed by atoms with Gasteiger partial charge in [0.25, 0.3) is 0 Å². The van der Waals surface area contributed by atoms with E-state index in [0.29, 0.717) is 11.7 Å². The van der Waals surface area contributed by atoms with E-state index in [-0.39, 0.29) is 5.95 Å². The molecule has 0 unspecified atom stereocenters. The van der Waals surface area contributed by atoms with Crippen LogP contribution < -0.4 is 16.8 Å². The van der Waals surface area contributed by atoms with E-state index in [1.54, 1.807) is 6.20 Å². The van der Waals surface area contributed by atoms with Crippen LogP contribution >= 0.6 is 0 Å². The third-order valence-corrected chi connectivity index (χ3v) is 2.88. The molecule has 82 valence electrons. The average Bonchev–Trinajstić information content (AvgIpc) is 2.24. The third kappa shape index (κ3) is 2.56. The topological polar surface area (TPSA) is 89.8 Å². The first-order chi connectivity index (χ1) is 7.25. The predicted molar refractivity (Wildman–Crippen MR) is 60.2 cm³/mol. The van der Waals surface area contributed by atoms with Crippen molar-refractivity contribution < 1.29 is 0 Å². The van der Waals surface area contributed by atoms with Crippen molar-refractivity contribution in [1.29, 1.82) is 0 Å². The minimum Gasteiger partial charge on any atom is -0.383 e. The number of piperidine rings is 1. The van der Waals surface area contributed by atoms with Gasteiger partial charge in [-0.1, -0.05) is 0 Å². The van der Waals surface area contributed by atoms with Crippen molar-refractivity contribution in [3.8, 4) is 0 Å². The summed E-state index contributed by atoms with van der Waals surface area (Å²) in [6.45, 7) is 2.20. The lowest BCUT2D eigenvalue weighted by Crippen LogP contribution is -2.28. The standard InChI is InChI=1S/C10H17N5/c11-9-8(6-14-10(12)15-9)5-7-1-3-13-4-2-7/h6-7,13H,1-5H2,(H4,11,12,14,15). The van der Waals surface area contributed by atoms with Gasteiger partial charge in [0, 0.05) is 11.8 Å². The first kappa shape index (κ1) is 10.2. The molecule has 1 saturated heterocycles. The number of nitrogens with one attached hydrogen (secondary N) is 1. The van der Waals surface area contributed by atoms with Gasteiger partial charge in [-0.15, -0.1) is 0 Å². The Morgan fingerprint density at radius 2 is 2.07 bits per heavy atom. The lowest BCUT2D eigenvalue weighted by atomic mass is 9.92. The molecule has 5 heteroatoms. The maximum absolute atomic E-state index is 5.79. The van der Waals surface area contributed by atoms with Crippen molar-refractivity contribution in [3.63, 3.8) is 0 Å². The Morgan fingerprint density at radius 3 is 2.73 bits per heavy atom. The molecule has 5 N–H and O–H groups in total. The van der Waals surface area contributed by atoms with Crippen molar-refractivity contribution in [2.24, 2.45) is 5.92 Å². The number of anilines is 2. The number of nitrogens with two attached hydrogens (primary N) is 2. The highest BCUT2D eigenvalue weighted by atomic mass is 15.0. The van der Waals surface area contributed by atoms with Crippen LogP contribution in [0.4, 0.5) is 11.8 Å². The van der Waals surface area contributed by atoms with E-state index in [2.05, 4.69) is 15.3 Å². The number of rotatable bonds is 2. The van der Waals surface area contributed by atoms with E-state index in [9.17, 15) is 0 Å². The molecule has 1 aliphatic heterocycles. The van der Waals surface area contributed by atoms with Crippen molar-refractivity contribution >= 4 is 11.8 Å². The summed E-state index contributed by atoms with van der Waals surface area (Å²) < 4.78 is 0. The summed E-state index contributed by atoms with van der Waals surface area (Å²) in [6, 6.07) is 0. The van der Waals surface area contributed by atoms with Gasteiger partial charge in [0.15, 0.2) is 0 Å². The summed E-state index contributed by atoms with van der Waals surface area (Å²) in [6.07, 6.45) is 5.11. The van der Waals surface area contributed by atoms with Gasteiger partial charge in [0.2, 0.25) is 5.95 Å². The average molecular weight is 207 g/mol. The lowest BCUT2D eigenvalue weighted by Gasteiger charge is -2.22. The number of nitrogen functional groups attached to an aromatic ring is 2. The van der Waals surface area contributed by atoms with Crippen LogP contribution in [-0.2, 0) is 6.42 Å². The van der Waals surface area contributed by atoms with Gasteiger partial charge in [-0.25, -0.2) is 4.98 Å². The molecule has 2 rings (SSSR count). The summed E-state index contributed by atoms with van der Waals surface area (Å²) in [7, 11) is 0. The Kier molecular flexibility index (Phi) is 3.01. The molecule has 2 heterocycles. The summed E-state index contributed by atoms with van der Waals surface area (Å²) in [5.41, 5.74) is 12.3. The SMILES string of the molecule is Nc1ncc(CC2CCNCC2)c(N)n1. The molecule has 15 heavy (non-hydrogen) atoms. The van der Waals surface area contributed by atoms with E-state index in [0.717, 1.165) is 25.1 Å². The molecular weight excluding hydrogens is 190 g/mol. The number of aromatic nitrogens is 2. The van der Waals surface area contributed by atoms with E-state index in [1.807, 2.05) is 0 Å². The van der Waals surface area contributed by atoms with E-state index >= 15 is 0 Å². The van der Waals surface area contributed by atoms with Crippen molar-refractivity contribution in [2.45, 2.75) is 19.3 Å². The second-order valence-corrected chi connectivity index (χ2v) is 4.04. The molecule has 0 saturated carbocycles. The van der Waals surface area contributed by atoms with Gasteiger partial charge in [-0.05, 0) is 38.3 Å². The monoisotopic (exact) mass is 207 g/mol. The molecule has 1 aliphatic rings. The molecule has 5 nitrogen and oxygen atoms in total. The highest BCUT2D eigenvalue weighted by Gasteiger charge is 2.15. The third-order valence-electron chi connectivity index (χ3n) is 2.88. The fourth-order valence-corrected chi connectivity index (χ4v) is 1.99. The van der Waals surface area contributed by atoms with Crippen LogP contribution in [0.15, 0.2) is 6.20 Å². The summed E-state index contributed by atoms with van der Waals surface area (Å²) in [5, 5.41) is 3.34. The van der Waals surface area contributed by atoms with Gasteiger partial charge in [-0.2, -0.15) is 4.98 Å². The van der Waals surface area contributed by atoms with Crippen molar-refractivity contribution in [2.75, 3.05) is 24.6 Å². The fourth-order valence-electron chi connectivity index (χ4n) is 1.99. The zero-order chi connectivity index (χ0) is 10.7. The number of nitrogens with zero attached hydrogens (tertiary/aromatic N) is 2. The normalized spacial score (nSPS) is 17.9. The molecule has 0 spiro atoms. The molecular formula is C10H17N5. The van der Waals surface area contributed by atoms with Crippen LogP contribution in [-0.4, -0.2) is 23.1 Å². The van der Waals surface area contributed by atoms with Gasteiger partial charge >= 0.3 is 0 Å². The molecule has 0 bridgehead atoms. The molecule has 1 aromatic heterocycles. The van der Waals surface area contributed by atoms with Gasteiger partial charge in [-0.3, -0.25) is 0 Å². The van der Waals surface area contributed by atoms with Crippen LogP contribution in [0.2, 0.25) is 0 Å². The van der Waals surface area contributed by atoms with Crippen LogP contribution in [0.1, 0.15) is 18.4 Å². The van der Waals surface area contributed by atoms with E-state index in [1.165, 1.54) is 12.8 Å². The molecule has 0 aromatic carbocycles. The van der Waals surface area contributed by atoms with E-state index < -0.39 is 0 Å². The summed E-state index contributed by atoms with van der Waals surface area (Å²) in [5.74, 6) is 1.48. The zero-order valence-corrected chi connectivity index (χ0v) is 8.74. The highest BCUT2D eigenvalue weighted by Crippen LogP contribution is 2.20. The minimum atomic E-state index is 0.251. The Balaban J connectivity index is 2.03. The zero-order valence-electron chi connectivity index (χ0n) is 8.74. The second kappa shape index (κ2) is 4.44. The van der Waals surface area contributed by atoms with Crippen LogP contribution in [0, 0.1) is 5.92 Å². The number of hydrogen-bond acceptors (Lipinski definition) is 5. The molecule has 1 fully saturated rings. The van der Waals surface area contributed by atoms with Crippen LogP contribution in [0.3, 0.4) is 0 Å². The maximum atomic E-state index is 5.79. The molecule has 0 radical (unpaired) electrons. The molecule has 1 aromatic rings. The van der Waals surface area contributed by atoms with Crippen LogP contribution in [0.5, 0.6) is 0 Å². The Hall–Kier alpha value is -1.36. The van der Waals surface area contributed by atoms with E-state index in [4.69, 9.17) is 11.5 Å². The van der Waals surface area contributed by atoms with Gasteiger partial charge in [0.05, 0.1) is 0 Å². The van der Waals surface area contributed by atoms with Gasteiger partial charge in [0.1, 0.15) is 5.82 Å². The summed E-state index contributed by atoms with van der Waals surface area (Å²) in [4.78, 5) is 7.94. The first-order valence-electron chi connectivity index (χ1n) is 5.33. The molecule has 0 amide bonds. The Bertz CT molecular complexity index is 333. The summed E-state index contributed by atoms with van der Waals surface area (Å²) >= 11 is 0. The molecule has 0 atom stereocenters. The van der Waals surface area contributed by atoms with Crippen molar-refractivity contribution in [1.82, 2.24) is 15.3 Å².